The van der Waals surface area contributed by atoms with Crippen molar-refractivity contribution in [2.24, 2.45) is 0 Å². The number of allylic oxidation sites excluding steroid dienone is 2. The van der Waals surface area contributed by atoms with Crippen LogP contribution in [0.3, 0.4) is 0 Å². The van der Waals surface area contributed by atoms with E-state index in [1.165, 1.54) is 31.1 Å². The van der Waals surface area contributed by atoms with E-state index in [-0.39, 0.29) is 31.6 Å². The molecule has 0 aliphatic rings. The number of ketones is 1. The number of rotatable bonds is 3. The number of benzene rings is 2. The molecule has 0 unspecified atom stereocenters. The van der Waals surface area contributed by atoms with Gasteiger partial charge in [-0.15, -0.1) is 34.9 Å². The van der Waals surface area contributed by atoms with Gasteiger partial charge in [0, 0.05) is 37.8 Å². The molecule has 0 atom stereocenters. The van der Waals surface area contributed by atoms with Crippen LogP contribution in [0.15, 0.2) is 70.8 Å². The van der Waals surface area contributed by atoms with E-state index < -0.39 is 0 Å². The number of hydrogen-bond donors (Lipinski definition) is 1. The molecule has 1 radical (unpaired) electrons. The maximum Gasteiger partial charge on any atom is 0.155 e. The summed E-state index contributed by atoms with van der Waals surface area (Å²) in [5.74, 6) is 0.784. The summed E-state index contributed by atoms with van der Waals surface area (Å²) in [7, 11) is 0. The molecule has 1 N–H and O–H groups in total. The average Bonchev–Trinajstić information content (AvgIpc) is 3.10. The molecule has 0 fully saturated rings. The first-order valence-corrected chi connectivity index (χ1v) is 10.1. The minimum atomic E-state index is -0.125. The third-order valence-corrected chi connectivity index (χ3v) is 4.55. The Bertz CT molecular complexity index is 1230. The number of aliphatic hydroxyl groups excluding tert-OH is 1. The van der Waals surface area contributed by atoms with Crippen molar-refractivity contribution in [1.29, 1.82) is 0 Å². The van der Waals surface area contributed by atoms with E-state index >= 15 is 0 Å². The number of carbonyl (C=O) groups excluding carboxylic acids is 1. The molecule has 0 aliphatic carbocycles. The van der Waals surface area contributed by atoms with Crippen molar-refractivity contribution in [1.82, 2.24) is 4.98 Å². The van der Waals surface area contributed by atoms with Gasteiger partial charge in [0.15, 0.2) is 11.4 Å². The van der Waals surface area contributed by atoms with Crippen molar-refractivity contribution < 1.29 is 34.4 Å². The summed E-state index contributed by atoms with van der Waals surface area (Å²) in [6.45, 7) is 9.08. The van der Waals surface area contributed by atoms with Gasteiger partial charge in [0.05, 0.1) is 11.3 Å². The van der Waals surface area contributed by atoms with Crippen LogP contribution in [0.2, 0.25) is 0 Å². The molecule has 0 saturated carbocycles. The van der Waals surface area contributed by atoms with Gasteiger partial charge in [-0.1, -0.05) is 49.7 Å². The van der Waals surface area contributed by atoms with Gasteiger partial charge in [0.2, 0.25) is 0 Å². The van der Waals surface area contributed by atoms with Crippen LogP contribution in [-0.4, -0.2) is 15.9 Å². The molecule has 0 amide bonds. The maximum atomic E-state index is 10.0. The second-order valence-corrected chi connectivity index (χ2v) is 7.71. The van der Waals surface area contributed by atoms with Crippen molar-refractivity contribution in [2.75, 3.05) is 0 Å². The molecule has 4 rings (SSSR count). The molecule has 4 aromatic rings. The van der Waals surface area contributed by atoms with Crippen molar-refractivity contribution in [3.05, 3.63) is 89.2 Å². The number of carbonyl (C=O) groups is 1. The van der Waals surface area contributed by atoms with Gasteiger partial charge in [-0.05, 0) is 32.5 Å². The average molecular weight is 605 g/mol. The molecule has 0 saturated heterocycles. The van der Waals surface area contributed by atoms with Gasteiger partial charge in [0.25, 0.3) is 0 Å². The predicted octanol–water partition coefficient (Wildman–Crippen LogP) is 6.92. The minimum absolute atomic E-state index is 0. The van der Waals surface area contributed by atoms with Crippen LogP contribution >= 0.6 is 0 Å². The smallest absolute Gasteiger partial charge is 0.155 e. The minimum Gasteiger partial charge on any atom is -0.512 e. The van der Waals surface area contributed by atoms with E-state index in [1.807, 2.05) is 18.2 Å². The fourth-order valence-electron chi connectivity index (χ4n) is 3.26. The Morgan fingerprint density at radius 2 is 1.66 bits per heavy atom. The van der Waals surface area contributed by atoms with Gasteiger partial charge in [-0.25, -0.2) is 0 Å². The quantitative estimate of drug-likeness (QED) is 0.157. The zero-order chi connectivity index (χ0) is 22.5. The third kappa shape index (κ3) is 6.74. The first kappa shape index (κ1) is 25.3. The van der Waals surface area contributed by atoms with E-state index in [2.05, 4.69) is 63.2 Å². The normalized spacial score (nSPS) is 10.8. The Balaban J connectivity index is 0.000000398. The Morgan fingerprint density at radius 3 is 2.22 bits per heavy atom. The van der Waals surface area contributed by atoms with Crippen LogP contribution < -0.4 is 0 Å². The third-order valence-electron chi connectivity index (χ3n) is 4.55. The summed E-state index contributed by atoms with van der Waals surface area (Å²) in [5.41, 5.74) is 8.27. The first-order chi connectivity index (χ1) is 14.7. The van der Waals surface area contributed by atoms with E-state index in [4.69, 9.17) is 14.5 Å². The molecule has 2 aromatic carbocycles. The van der Waals surface area contributed by atoms with Crippen molar-refractivity contribution in [3.63, 3.8) is 0 Å². The summed E-state index contributed by atoms with van der Waals surface area (Å²) in [6.07, 6.45) is 1.17. The number of nitrogens with zero attached hydrogens (tertiary/aromatic N) is 1. The fourth-order valence-corrected chi connectivity index (χ4v) is 3.26. The largest absolute Gasteiger partial charge is 0.512 e. The molecule has 0 aliphatic heterocycles. The van der Waals surface area contributed by atoms with Crippen LogP contribution in [0.5, 0.6) is 0 Å². The number of aliphatic hydroxyl groups is 1. The number of hydrogen-bond acceptors (Lipinski definition) is 4. The van der Waals surface area contributed by atoms with E-state index in [1.54, 1.807) is 0 Å². The molecule has 167 valence electrons. The van der Waals surface area contributed by atoms with Crippen LogP contribution in [0.4, 0.5) is 0 Å². The standard InChI is InChI=1S/C22H18NO.C5H8O2.Ir/c1-14-4-6-17(7-5-14)22-13-20-21(24-22)9-8-19(23-20)18-11-15(2)10-16(3)12-18;1-4(6)3-5(2)7;/h4-11,13H,1-3H3;3,6H,1-2H3;/q-1;;/b;4-3-;. The zero-order valence-electron chi connectivity index (χ0n) is 18.8. The van der Waals surface area contributed by atoms with Crippen LogP contribution in [0, 0.1) is 26.8 Å². The number of aromatic nitrogens is 1. The Kier molecular flexibility index (Phi) is 8.71. The van der Waals surface area contributed by atoms with E-state index in [9.17, 15) is 4.79 Å². The second-order valence-electron chi connectivity index (χ2n) is 7.71. The summed E-state index contributed by atoms with van der Waals surface area (Å²) in [4.78, 5) is 14.8. The van der Waals surface area contributed by atoms with Gasteiger partial charge < -0.3 is 9.52 Å². The SMILES string of the molecule is CC(=O)/C=C(/C)O.Cc1[c-]c(-c2ccc3oc(-c4ccc(C)cc4)cc3n2)cc(C)c1.[Ir]. The summed E-state index contributed by atoms with van der Waals surface area (Å²) < 4.78 is 5.96. The monoisotopic (exact) mass is 605 g/mol. The van der Waals surface area contributed by atoms with Crippen molar-refractivity contribution in [2.45, 2.75) is 34.6 Å². The zero-order valence-corrected chi connectivity index (χ0v) is 21.2. The fraction of sp³-hybridized carbons (Fsp3) is 0.185. The van der Waals surface area contributed by atoms with Crippen LogP contribution in [0.25, 0.3) is 33.7 Å². The molecule has 2 heterocycles. The van der Waals surface area contributed by atoms with Crippen LogP contribution in [-0.2, 0) is 24.9 Å². The predicted molar refractivity (Wildman–Crippen MR) is 125 cm³/mol. The summed E-state index contributed by atoms with van der Waals surface area (Å²) >= 11 is 0. The first-order valence-electron chi connectivity index (χ1n) is 10.1. The molecular weight excluding hydrogens is 579 g/mol. The topological polar surface area (TPSA) is 63.3 Å². The Labute approximate surface area is 202 Å². The molecule has 32 heavy (non-hydrogen) atoms. The van der Waals surface area contributed by atoms with Gasteiger partial charge in [0.1, 0.15) is 5.76 Å². The number of furan rings is 1. The molecule has 0 spiro atoms. The molecule has 0 bridgehead atoms. The van der Waals surface area contributed by atoms with Gasteiger partial charge >= 0.3 is 0 Å². The number of fused-ring (bicyclic) bond motifs is 1. The molecule has 5 heteroatoms. The maximum absolute atomic E-state index is 10.0. The number of pyridine rings is 1. The van der Waals surface area contributed by atoms with Gasteiger partial charge in [-0.2, -0.15) is 0 Å². The van der Waals surface area contributed by atoms with E-state index in [0.717, 1.165) is 39.2 Å². The van der Waals surface area contributed by atoms with Crippen LogP contribution in [0.1, 0.15) is 30.5 Å². The Hall–Kier alpha value is -3.01. The van der Waals surface area contributed by atoms with Crippen molar-refractivity contribution in [3.8, 4) is 22.6 Å². The summed E-state index contributed by atoms with van der Waals surface area (Å²) in [5, 5.41) is 8.36. The molecule has 4 nitrogen and oxygen atoms in total. The summed E-state index contributed by atoms with van der Waals surface area (Å²) in [6, 6.07) is 21.9. The number of aryl methyl sites for hydroxylation is 3. The molecular formula is C27H26IrNO3-. The Morgan fingerprint density at radius 1 is 0.969 bits per heavy atom. The van der Waals surface area contributed by atoms with Gasteiger partial charge in [-0.3, -0.25) is 9.78 Å². The molecule has 2 aromatic heterocycles. The van der Waals surface area contributed by atoms with Crippen molar-refractivity contribution >= 4 is 16.9 Å². The van der Waals surface area contributed by atoms with E-state index in [0.29, 0.717) is 0 Å². The second kappa shape index (κ2) is 11.0.